The van der Waals surface area contributed by atoms with E-state index < -0.39 is 6.61 Å². The van der Waals surface area contributed by atoms with Crippen molar-refractivity contribution in [2.45, 2.75) is 40.8 Å². The monoisotopic (exact) mass is 481 g/mol. The van der Waals surface area contributed by atoms with Gasteiger partial charge < -0.3 is 10.1 Å². The van der Waals surface area contributed by atoms with E-state index in [9.17, 15) is 13.6 Å². The van der Waals surface area contributed by atoms with Crippen molar-refractivity contribution in [1.29, 1.82) is 0 Å². The molecule has 3 aromatic rings. The summed E-state index contributed by atoms with van der Waals surface area (Å²) >= 11 is 4.37. The second-order valence-corrected chi connectivity index (χ2v) is 10.2. The maximum absolute atomic E-state index is 12.2. The highest BCUT2D eigenvalue weighted by Crippen LogP contribution is 2.31. The Hall–Kier alpha value is -2.17. The molecule has 0 saturated heterocycles. The maximum atomic E-state index is 12.2. The van der Waals surface area contributed by atoms with Crippen molar-refractivity contribution in [2.75, 3.05) is 11.1 Å². The Morgan fingerprint density at radius 3 is 2.29 bits per heavy atom. The fraction of sp³-hybridized carbons (Fsp3) is 0.286. The van der Waals surface area contributed by atoms with Gasteiger partial charge in [0.1, 0.15) is 5.75 Å². The van der Waals surface area contributed by atoms with E-state index in [4.69, 9.17) is 0 Å². The van der Waals surface area contributed by atoms with Crippen molar-refractivity contribution < 1.29 is 18.3 Å². The second-order valence-electron chi connectivity index (χ2n) is 6.76. The molecule has 0 aliphatic heterocycles. The van der Waals surface area contributed by atoms with E-state index in [1.165, 1.54) is 58.5 Å². The van der Waals surface area contributed by atoms with E-state index in [2.05, 4.69) is 58.4 Å². The molecule has 0 aliphatic rings. The molecule has 0 saturated carbocycles. The van der Waals surface area contributed by atoms with Gasteiger partial charge in [-0.05, 0) is 41.3 Å². The molecular weight excluding hydrogens is 460 g/mol. The zero-order chi connectivity index (χ0) is 22.2. The summed E-state index contributed by atoms with van der Waals surface area (Å²) in [7, 11) is 0. The first-order valence-corrected chi connectivity index (χ1v) is 12.2. The predicted octanol–water partition coefficient (Wildman–Crippen LogP) is 6.29. The quantitative estimate of drug-likeness (QED) is 0.344. The Bertz CT molecular complexity index is 980. The summed E-state index contributed by atoms with van der Waals surface area (Å²) < 4.78 is 30.2. The Morgan fingerprint density at radius 1 is 1.03 bits per heavy atom. The number of thioether (sulfide) groups is 2. The zero-order valence-corrected chi connectivity index (χ0v) is 19.3. The lowest BCUT2D eigenvalue weighted by Crippen LogP contribution is -2.13. The number of benzene rings is 2. The number of nitrogens with zero attached hydrogens (tertiary/aromatic N) is 2. The molecule has 2 aromatic carbocycles. The summed E-state index contributed by atoms with van der Waals surface area (Å²) in [5.74, 6) is 1.31. The van der Waals surface area contributed by atoms with Crippen LogP contribution in [0.2, 0.25) is 0 Å². The van der Waals surface area contributed by atoms with Gasteiger partial charge in [0, 0.05) is 11.4 Å². The minimum atomic E-state index is -2.88. The molecule has 0 bridgehead atoms. The Morgan fingerprint density at radius 2 is 1.68 bits per heavy atom. The van der Waals surface area contributed by atoms with Gasteiger partial charge in [0.15, 0.2) is 8.68 Å². The largest absolute Gasteiger partial charge is 0.435 e. The third kappa shape index (κ3) is 7.79. The van der Waals surface area contributed by atoms with Gasteiger partial charge in [-0.3, -0.25) is 4.79 Å². The molecule has 5 nitrogen and oxygen atoms in total. The lowest BCUT2D eigenvalue weighted by Gasteiger charge is -2.07. The van der Waals surface area contributed by atoms with Crippen molar-refractivity contribution >= 4 is 46.5 Å². The topological polar surface area (TPSA) is 64.1 Å². The number of carbonyl (C=O) groups excluding carboxylic acids is 1. The first-order valence-electron chi connectivity index (χ1n) is 9.41. The smallest absolute Gasteiger partial charge is 0.387 e. The van der Waals surface area contributed by atoms with Crippen molar-refractivity contribution in [3.63, 3.8) is 0 Å². The van der Waals surface area contributed by atoms with Crippen molar-refractivity contribution in [3.05, 3.63) is 59.7 Å². The first-order chi connectivity index (χ1) is 14.9. The summed E-state index contributed by atoms with van der Waals surface area (Å²) in [4.78, 5) is 12.1. The van der Waals surface area contributed by atoms with Crippen LogP contribution in [0.3, 0.4) is 0 Å². The average molecular weight is 482 g/mol. The fourth-order valence-electron chi connectivity index (χ4n) is 2.50. The van der Waals surface area contributed by atoms with Crippen LogP contribution in [0.1, 0.15) is 30.9 Å². The van der Waals surface area contributed by atoms with Gasteiger partial charge in [-0.15, -0.1) is 10.2 Å². The summed E-state index contributed by atoms with van der Waals surface area (Å²) in [6.07, 6.45) is 0. The number of rotatable bonds is 10. The van der Waals surface area contributed by atoms with Crippen molar-refractivity contribution in [1.82, 2.24) is 10.2 Å². The van der Waals surface area contributed by atoms with Gasteiger partial charge in [-0.1, -0.05) is 73.0 Å². The van der Waals surface area contributed by atoms with Crippen LogP contribution in [-0.4, -0.2) is 28.5 Å². The molecule has 0 aliphatic carbocycles. The van der Waals surface area contributed by atoms with Crippen molar-refractivity contribution in [3.8, 4) is 5.75 Å². The fourth-order valence-corrected chi connectivity index (χ4v) is 5.28. The zero-order valence-electron chi connectivity index (χ0n) is 16.9. The van der Waals surface area contributed by atoms with Crippen LogP contribution in [0.5, 0.6) is 5.75 Å². The average Bonchev–Trinajstić information content (AvgIpc) is 3.20. The van der Waals surface area contributed by atoms with E-state index >= 15 is 0 Å². The van der Waals surface area contributed by atoms with Gasteiger partial charge >= 0.3 is 6.61 Å². The number of halogens is 2. The number of anilines is 1. The predicted molar refractivity (Wildman–Crippen MR) is 122 cm³/mol. The highest BCUT2D eigenvalue weighted by Gasteiger charge is 2.10. The number of hydrogen-bond donors (Lipinski definition) is 1. The number of aromatic nitrogens is 2. The Balaban J connectivity index is 1.42. The number of amides is 1. The summed E-state index contributed by atoms with van der Waals surface area (Å²) in [5, 5.41) is 11.0. The molecule has 0 radical (unpaired) electrons. The number of nitrogens with one attached hydrogen (secondary N) is 1. The molecule has 0 atom stereocenters. The molecule has 164 valence electrons. The maximum Gasteiger partial charge on any atom is 0.387 e. The Labute approximate surface area is 192 Å². The lowest BCUT2D eigenvalue weighted by atomic mass is 10.0. The molecule has 3 rings (SSSR count). The highest BCUT2D eigenvalue weighted by atomic mass is 32.2. The molecule has 0 unspecified atom stereocenters. The van der Waals surface area contributed by atoms with Crippen LogP contribution in [0.4, 0.5) is 14.5 Å². The second kappa shape index (κ2) is 11.4. The Kier molecular flexibility index (Phi) is 8.68. The van der Waals surface area contributed by atoms with E-state index in [1.807, 2.05) is 0 Å². The third-order valence-corrected chi connectivity index (χ3v) is 7.35. The molecule has 1 N–H and O–H groups in total. The van der Waals surface area contributed by atoms with Crippen LogP contribution in [0.25, 0.3) is 0 Å². The number of hydrogen-bond acceptors (Lipinski definition) is 7. The standard InChI is InChI=1S/C21H21F2N3O2S3/c1-13(2)15-5-3-14(4-6-15)11-29-20-25-26-21(31-20)30-12-18(27)24-16-7-9-17(10-8-16)28-19(22)23/h3-10,13,19H,11-12H2,1-2H3,(H,24,27). The van der Waals surface area contributed by atoms with Crippen molar-refractivity contribution in [2.24, 2.45) is 0 Å². The SMILES string of the molecule is CC(C)c1ccc(CSc2nnc(SCC(=O)Nc3ccc(OC(F)F)cc3)s2)cc1. The van der Waals surface area contributed by atoms with Gasteiger partial charge in [0.25, 0.3) is 0 Å². The minimum absolute atomic E-state index is 0.0390. The first kappa shape index (κ1) is 23.5. The molecule has 1 aromatic heterocycles. The summed E-state index contributed by atoms with van der Waals surface area (Å²) in [5.41, 5.74) is 3.05. The molecule has 10 heteroatoms. The number of alkyl halides is 2. The number of ether oxygens (including phenoxy) is 1. The van der Waals surface area contributed by atoms with Gasteiger partial charge in [0.2, 0.25) is 5.91 Å². The third-order valence-electron chi connectivity index (χ3n) is 4.09. The van der Waals surface area contributed by atoms with Crippen LogP contribution < -0.4 is 10.1 Å². The number of carbonyl (C=O) groups is 1. The minimum Gasteiger partial charge on any atom is -0.435 e. The van der Waals surface area contributed by atoms with Gasteiger partial charge in [0.05, 0.1) is 5.75 Å². The normalized spacial score (nSPS) is 11.2. The molecule has 0 fully saturated rings. The molecule has 1 amide bonds. The van der Waals surface area contributed by atoms with Crippen LogP contribution >= 0.6 is 34.9 Å². The van der Waals surface area contributed by atoms with E-state index in [0.29, 0.717) is 15.9 Å². The van der Waals surface area contributed by atoms with Gasteiger partial charge in [-0.25, -0.2) is 0 Å². The molecular formula is C21H21F2N3O2S3. The van der Waals surface area contributed by atoms with E-state index in [0.717, 1.165) is 10.1 Å². The lowest BCUT2D eigenvalue weighted by molar-refractivity contribution is -0.113. The van der Waals surface area contributed by atoms with E-state index in [1.54, 1.807) is 11.8 Å². The van der Waals surface area contributed by atoms with Gasteiger partial charge in [-0.2, -0.15) is 8.78 Å². The molecule has 0 spiro atoms. The molecule has 1 heterocycles. The summed E-state index contributed by atoms with van der Waals surface area (Å²) in [6.45, 7) is 1.47. The van der Waals surface area contributed by atoms with Crippen LogP contribution in [0, 0.1) is 0 Å². The molecule has 31 heavy (non-hydrogen) atoms. The summed E-state index contributed by atoms with van der Waals surface area (Å²) in [6, 6.07) is 14.3. The van der Waals surface area contributed by atoms with E-state index in [-0.39, 0.29) is 17.4 Å². The highest BCUT2D eigenvalue weighted by molar-refractivity contribution is 8.03. The van der Waals surface area contributed by atoms with Crippen LogP contribution in [0.15, 0.2) is 57.2 Å². The van der Waals surface area contributed by atoms with Crippen LogP contribution in [-0.2, 0) is 10.5 Å².